The molecule has 0 saturated heterocycles. The van der Waals surface area contributed by atoms with E-state index in [1.807, 2.05) is 37.3 Å². The lowest BCUT2D eigenvalue weighted by atomic mass is 10.1. The van der Waals surface area contributed by atoms with Crippen LogP contribution in [0.4, 0.5) is 0 Å². The third kappa shape index (κ3) is 4.28. The van der Waals surface area contributed by atoms with Crippen LogP contribution >= 0.6 is 0 Å². The Bertz CT molecular complexity index is 394. The maximum Gasteiger partial charge on any atom is 0.222 e. The number of nitriles is 1. The molecular weight excluding hydrogens is 212 g/mol. The van der Waals surface area contributed by atoms with Gasteiger partial charge in [-0.2, -0.15) is 5.26 Å². The molecule has 1 amide bonds. The van der Waals surface area contributed by atoms with Crippen LogP contribution in [-0.4, -0.2) is 23.9 Å². The monoisotopic (exact) mass is 230 g/mol. The molecule has 1 aromatic carbocycles. The largest absolute Gasteiger partial charge is 0.342 e. The summed E-state index contributed by atoms with van der Waals surface area (Å²) in [7, 11) is 1.76. The summed E-state index contributed by atoms with van der Waals surface area (Å²) in [6, 6.07) is 12.0. The lowest BCUT2D eigenvalue weighted by Crippen LogP contribution is -2.34. The van der Waals surface area contributed by atoms with Crippen LogP contribution in [0.15, 0.2) is 30.3 Å². The number of hydrogen-bond donors (Lipinski definition) is 0. The molecule has 0 aliphatic rings. The third-order valence-electron chi connectivity index (χ3n) is 2.91. The maximum atomic E-state index is 11.8. The molecule has 1 aromatic rings. The molecule has 0 spiro atoms. The second kappa shape index (κ2) is 6.70. The molecule has 0 aliphatic heterocycles. The van der Waals surface area contributed by atoms with E-state index >= 15 is 0 Å². The average Bonchev–Trinajstić information content (AvgIpc) is 2.36. The van der Waals surface area contributed by atoms with Gasteiger partial charge in [-0.05, 0) is 18.9 Å². The van der Waals surface area contributed by atoms with E-state index in [9.17, 15) is 4.79 Å². The average molecular weight is 230 g/mol. The van der Waals surface area contributed by atoms with E-state index in [-0.39, 0.29) is 11.9 Å². The van der Waals surface area contributed by atoms with Crippen molar-refractivity contribution < 1.29 is 4.79 Å². The second-order valence-corrected chi connectivity index (χ2v) is 4.20. The van der Waals surface area contributed by atoms with Gasteiger partial charge in [0.25, 0.3) is 0 Å². The van der Waals surface area contributed by atoms with E-state index in [1.54, 1.807) is 11.9 Å². The quantitative estimate of drug-likeness (QED) is 0.779. The highest BCUT2D eigenvalue weighted by atomic mass is 16.2. The molecule has 0 aliphatic carbocycles. The molecule has 1 rings (SSSR count). The van der Waals surface area contributed by atoms with Gasteiger partial charge in [0.1, 0.15) is 0 Å². The fourth-order valence-corrected chi connectivity index (χ4v) is 1.59. The Labute approximate surface area is 103 Å². The molecule has 90 valence electrons. The van der Waals surface area contributed by atoms with Crippen LogP contribution in [0.1, 0.15) is 25.3 Å². The van der Waals surface area contributed by atoms with Gasteiger partial charge in [0.05, 0.1) is 12.5 Å². The first-order valence-electron chi connectivity index (χ1n) is 5.81. The van der Waals surface area contributed by atoms with Gasteiger partial charge in [0, 0.05) is 19.5 Å². The van der Waals surface area contributed by atoms with Crippen molar-refractivity contribution in [1.29, 1.82) is 5.26 Å². The Kier molecular flexibility index (Phi) is 5.22. The summed E-state index contributed by atoms with van der Waals surface area (Å²) in [4.78, 5) is 13.5. The van der Waals surface area contributed by atoms with Crippen LogP contribution in [-0.2, 0) is 11.2 Å². The van der Waals surface area contributed by atoms with Gasteiger partial charge in [0.2, 0.25) is 5.91 Å². The van der Waals surface area contributed by atoms with E-state index in [4.69, 9.17) is 5.26 Å². The number of carbonyl (C=O) groups is 1. The van der Waals surface area contributed by atoms with Crippen molar-refractivity contribution in [3.8, 4) is 6.07 Å². The summed E-state index contributed by atoms with van der Waals surface area (Å²) in [5, 5.41) is 8.59. The highest BCUT2D eigenvalue weighted by Crippen LogP contribution is 2.07. The van der Waals surface area contributed by atoms with Crippen molar-refractivity contribution in [3.63, 3.8) is 0 Å². The van der Waals surface area contributed by atoms with Crippen molar-refractivity contribution >= 4 is 5.91 Å². The molecule has 0 aromatic heterocycles. The summed E-state index contributed by atoms with van der Waals surface area (Å²) < 4.78 is 0. The van der Waals surface area contributed by atoms with E-state index in [2.05, 4.69) is 6.07 Å². The zero-order valence-corrected chi connectivity index (χ0v) is 10.4. The standard InChI is InChI=1S/C14H18N2O/c1-12(10-11-15)16(2)14(17)9-8-13-6-4-3-5-7-13/h3-7,12H,8-10H2,1-2H3. The fourth-order valence-electron chi connectivity index (χ4n) is 1.59. The number of rotatable bonds is 5. The van der Waals surface area contributed by atoms with Gasteiger partial charge in [-0.3, -0.25) is 4.79 Å². The molecule has 0 radical (unpaired) electrons. The molecule has 17 heavy (non-hydrogen) atoms. The molecule has 1 unspecified atom stereocenters. The Hall–Kier alpha value is -1.82. The summed E-state index contributed by atoms with van der Waals surface area (Å²) >= 11 is 0. The van der Waals surface area contributed by atoms with E-state index in [0.717, 1.165) is 6.42 Å². The summed E-state index contributed by atoms with van der Waals surface area (Å²) in [5.74, 6) is 0.0941. The predicted molar refractivity (Wildman–Crippen MR) is 67.2 cm³/mol. The molecule has 0 N–H and O–H groups in total. The second-order valence-electron chi connectivity index (χ2n) is 4.20. The molecule has 0 heterocycles. The minimum Gasteiger partial charge on any atom is -0.342 e. The molecule has 3 nitrogen and oxygen atoms in total. The minimum atomic E-state index is -0.0109. The molecular formula is C14H18N2O. The first kappa shape index (κ1) is 13.2. The van der Waals surface area contributed by atoms with E-state index in [1.165, 1.54) is 5.56 Å². The van der Waals surface area contributed by atoms with Gasteiger partial charge in [-0.25, -0.2) is 0 Å². The van der Waals surface area contributed by atoms with Crippen LogP contribution in [0.5, 0.6) is 0 Å². The van der Waals surface area contributed by atoms with Gasteiger partial charge in [-0.1, -0.05) is 30.3 Å². The molecule has 0 fully saturated rings. The number of benzene rings is 1. The van der Waals surface area contributed by atoms with Crippen molar-refractivity contribution in [2.45, 2.75) is 32.2 Å². The number of nitrogens with zero attached hydrogens (tertiary/aromatic N) is 2. The minimum absolute atomic E-state index is 0.0109. The number of hydrogen-bond acceptors (Lipinski definition) is 2. The Morgan fingerprint density at radius 3 is 2.65 bits per heavy atom. The molecule has 0 bridgehead atoms. The highest BCUT2D eigenvalue weighted by Gasteiger charge is 2.14. The Morgan fingerprint density at radius 2 is 2.06 bits per heavy atom. The SMILES string of the molecule is CC(CC#N)N(C)C(=O)CCc1ccccc1. The first-order chi connectivity index (χ1) is 8.15. The summed E-state index contributed by atoms with van der Waals surface area (Å²) in [6.45, 7) is 1.89. The molecule has 0 saturated carbocycles. The van der Waals surface area contributed by atoms with Gasteiger partial charge in [-0.15, -0.1) is 0 Å². The number of aryl methyl sites for hydroxylation is 1. The fraction of sp³-hybridized carbons (Fsp3) is 0.429. The third-order valence-corrected chi connectivity index (χ3v) is 2.91. The number of carbonyl (C=O) groups excluding carboxylic acids is 1. The topological polar surface area (TPSA) is 44.1 Å². The van der Waals surface area contributed by atoms with Crippen molar-refractivity contribution in [3.05, 3.63) is 35.9 Å². The van der Waals surface area contributed by atoms with E-state index < -0.39 is 0 Å². The van der Waals surface area contributed by atoms with Crippen LogP contribution < -0.4 is 0 Å². The predicted octanol–water partition coefficient (Wildman–Crippen LogP) is 2.38. The van der Waals surface area contributed by atoms with Crippen LogP contribution in [0, 0.1) is 11.3 Å². The summed E-state index contributed by atoms with van der Waals surface area (Å²) in [6.07, 6.45) is 1.63. The van der Waals surface area contributed by atoms with Gasteiger partial charge >= 0.3 is 0 Å². The normalized spacial score (nSPS) is 11.6. The van der Waals surface area contributed by atoms with Crippen molar-refractivity contribution in [1.82, 2.24) is 4.90 Å². The smallest absolute Gasteiger partial charge is 0.222 e. The van der Waals surface area contributed by atoms with Gasteiger partial charge < -0.3 is 4.90 Å². The van der Waals surface area contributed by atoms with Crippen LogP contribution in [0.3, 0.4) is 0 Å². The van der Waals surface area contributed by atoms with Gasteiger partial charge in [0.15, 0.2) is 0 Å². The van der Waals surface area contributed by atoms with Crippen LogP contribution in [0.2, 0.25) is 0 Å². The Balaban J connectivity index is 2.42. The zero-order chi connectivity index (χ0) is 12.7. The number of amides is 1. The first-order valence-corrected chi connectivity index (χ1v) is 5.81. The molecule has 1 atom stereocenters. The van der Waals surface area contributed by atoms with Crippen LogP contribution in [0.25, 0.3) is 0 Å². The highest BCUT2D eigenvalue weighted by molar-refractivity contribution is 5.76. The lowest BCUT2D eigenvalue weighted by molar-refractivity contribution is -0.131. The van der Waals surface area contributed by atoms with E-state index in [0.29, 0.717) is 12.8 Å². The molecule has 3 heteroatoms. The van der Waals surface area contributed by atoms with Crippen molar-refractivity contribution in [2.24, 2.45) is 0 Å². The summed E-state index contributed by atoms with van der Waals surface area (Å²) in [5.41, 5.74) is 1.17. The Morgan fingerprint density at radius 1 is 1.41 bits per heavy atom. The zero-order valence-electron chi connectivity index (χ0n) is 10.4. The maximum absolute atomic E-state index is 11.8. The lowest BCUT2D eigenvalue weighted by Gasteiger charge is -2.22. The van der Waals surface area contributed by atoms with Crippen molar-refractivity contribution in [2.75, 3.05) is 7.05 Å².